The highest BCUT2D eigenvalue weighted by atomic mass is 32.2. The third-order valence-corrected chi connectivity index (χ3v) is 2.52. The van der Waals surface area contributed by atoms with Crippen molar-refractivity contribution >= 4 is 11.8 Å². The van der Waals surface area contributed by atoms with Crippen molar-refractivity contribution in [1.82, 2.24) is 4.90 Å². The van der Waals surface area contributed by atoms with E-state index in [1.54, 1.807) is 0 Å². The van der Waals surface area contributed by atoms with Crippen LogP contribution in [0, 0.1) is 18.3 Å². The van der Waals surface area contributed by atoms with Crippen molar-refractivity contribution in [3.63, 3.8) is 0 Å². The molecule has 0 spiro atoms. The SMILES string of the molecule is C#CC(C(C)C)N(C)CCSC. The maximum atomic E-state index is 5.45. The molecule has 0 heterocycles. The van der Waals surface area contributed by atoms with E-state index in [1.165, 1.54) is 0 Å². The maximum Gasteiger partial charge on any atom is 0.0732 e. The van der Waals surface area contributed by atoms with Gasteiger partial charge in [0.25, 0.3) is 0 Å². The van der Waals surface area contributed by atoms with Crippen LogP contribution >= 0.6 is 11.8 Å². The van der Waals surface area contributed by atoms with Gasteiger partial charge in [-0.3, -0.25) is 4.90 Å². The highest BCUT2D eigenvalue weighted by molar-refractivity contribution is 7.98. The summed E-state index contributed by atoms with van der Waals surface area (Å²) in [6.07, 6.45) is 7.57. The van der Waals surface area contributed by atoms with E-state index in [0.717, 1.165) is 12.3 Å². The van der Waals surface area contributed by atoms with Gasteiger partial charge in [0.2, 0.25) is 0 Å². The number of hydrogen-bond acceptors (Lipinski definition) is 2. The fraction of sp³-hybridized carbons (Fsp3) is 0.800. The van der Waals surface area contributed by atoms with Gasteiger partial charge in [0, 0.05) is 12.3 Å². The molecule has 0 fully saturated rings. The summed E-state index contributed by atoms with van der Waals surface area (Å²) in [4.78, 5) is 2.25. The summed E-state index contributed by atoms with van der Waals surface area (Å²) in [6, 6.07) is 0.289. The zero-order valence-electron chi connectivity index (χ0n) is 8.50. The van der Waals surface area contributed by atoms with Crippen molar-refractivity contribution in [3.8, 4) is 12.3 Å². The molecule has 70 valence electrons. The molecule has 0 rings (SSSR count). The van der Waals surface area contributed by atoms with Gasteiger partial charge in [0.1, 0.15) is 0 Å². The molecule has 0 aromatic rings. The molecule has 0 aliphatic heterocycles. The number of hydrogen-bond donors (Lipinski definition) is 0. The monoisotopic (exact) mass is 185 g/mol. The summed E-state index contributed by atoms with van der Waals surface area (Å²) in [5.41, 5.74) is 0. The van der Waals surface area contributed by atoms with E-state index >= 15 is 0 Å². The molecule has 12 heavy (non-hydrogen) atoms. The molecule has 0 aromatic carbocycles. The van der Waals surface area contributed by atoms with E-state index in [9.17, 15) is 0 Å². The predicted octanol–water partition coefficient (Wildman–Crippen LogP) is 1.94. The number of terminal acetylenes is 1. The Labute approximate surface area is 80.9 Å². The van der Waals surface area contributed by atoms with Crippen LogP contribution in [0.5, 0.6) is 0 Å². The maximum absolute atomic E-state index is 5.45. The second-order valence-corrected chi connectivity index (χ2v) is 4.31. The van der Waals surface area contributed by atoms with Gasteiger partial charge in [-0.1, -0.05) is 19.8 Å². The minimum atomic E-state index is 0.289. The Morgan fingerprint density at radius 3 is 2.42 bits per heavy atom. The van der Waals surface area contributed by atoms with Gasteiger partial charge in [-0.15, -0.1) is 6.42 Å². The molecule has 0 aromatic heterocycles. The zero-order valence-corrected chi connectivity index (χ0v) is 9.32. The Morgan fingerprint density at radius 1 is 1.50 bits per heavy atom. The van der Waals surface area contributed by atoms with Crippen molar-refractivity contribution in [2.75, 3.05) is 25.6 Å². The van der Waals surface area contributed by atoms with Crippen molar-refractivity contribution in [3.05, 3.63) is 0 Å². The predicted molar refractivity (Wildman–Crippen MR) is 58.5 cm³/mol. The molecule has 0 radical (unpaired) electrons. The van der Waals surface area contributed by atoms with E-state index in [4.69, 9.17) is 6.42 Å². The van der Waals surface area contributed by atoms with E-state index in [-0.39, 0.29) is 6.04 Å². The molecule has 1 atom stereocenters. The third kappa shape index (κ3) is 4.04. The molecule has 0 amide bonds. The van der Waals surface area contributed by atoms with Gasteiger partial charge in [-0.25, -0.2) is 0 Å². The summed E-state index contributed by atoms with van der Waals surface area (Å²) in [5.74, 6) is 4.52. The number of thioether (sulfide) groups is 1. The van der Waals surface area contributed by atoms with E-state index < -0.39 is 0 Å². The molecule has 0 saturated carbocycles. The van der Waals surface area contributed by atoms with Crippen molar-refractivity contribution in [2.45, 2.75) is 19.9 Å². The molecule has 0 N–H and O–H groups in total. The number of rotatable bonds is 5. The second-order valence-electron chi connectivity index (χ2n) is 3.33. The van der Waals surface area contributed by atoms with E-state index in [2.05, 4.69) is 38.0 Å². The molecule has 1 nitrogen and oxygen atoms in total. The van der Waals surface area contributed by atoms with Gasteiger partial charge in [-0.2, -0.15) is 11.8 Å². The lowest BCUT2D eigenvalue weighted by molar-refractivity contribution is 0.254. The fourth-order valence-corrected chi connectivity index (χ4v) is 1.67. The van der Waals surface area contributed by atoms with E-state index in [1.807, 2.05) is 11.8 Å². The van der Waals surface area contributed by atoms with Gasteiger partial charge in [0.15, 0.2) is 0 Å². The van der Waals surface area contributed by atoms with E-state index in [0.29, 0.717) is 5.92 Å². The first-order chi connectivity index (χ1) is 5.63. The fourth-order valence-electron chi connectivity index (χ4n) is 1.20. The Balaban J connectivity index is 3.88. The van der Waals surface area contributed by atoms with Gasteiger partial charge in [-0.05, 0) is 19.2 Å². The summed E-state index contributed by atoms with van der Waals surface area (Å²) >= 11 is 1.86. The Bertz CT molecular complexity index is 148. The lowest BCUT2D eigenvalue weighted by Gasteiger charge is -2.26. The molecule has 0 aliphatic carbocycles. The first kappa shape index (κ1) is 11.9. The molecule has 0 saturated heterocycles. The molecular weight excluding hydrogens is 166 g/mol. The van der Waals surface area contributed by atoms with Crippen LogP contribution in [0.2, 0.25) is 0 Å². The van der Waals surface area contributed by atoms with Crippen LogP contribution in [0.15, 0.2) is 0 Å². The molecular formula is C10H19NS. The first-order valence-corrected chi connectivity index (χ1v) is 5.68. The van der Waals surface area contributed by atoms with Crippen molar-refractivity contribution < 1.29 is 0 Å². The number of nitrogens with zero attached hydrogens (tertiary/aromatic N) is 1. The average Bonchev–Trinajstić information content (AvgIpc) is 2.01. The Morgan fingerprint density at radius 2 is 2.08 bits per heavy atom. The summed E-state index contributed by atoms with van der Waals surface area (Å²) in [7, 11) is 2.10. The summed E-state index contributed by atoms with van der Waals surface area (Å²) in [5, 5.41) is 0. The van der Waals surface area contributed by atoms with Crippen LogP contribution in [0.1, 0.15) is 13.8 Å². The summed E-state index contributed by atoms with van der Waals surface area (Å²) < 4.78 is 0. The molecule has 0 bridgehead atoms. The molecule has 0 aliphatic rings. The minimum absolute atomic E-state index is 0.289. The lowest BCUT2D eigenvalue weighted by atomic mass is 10.0. The standard InChI is InChI=1S/C10H19NS/c1-6-10(9(2)3)11(4)7-8-12-5/h1,9-10H,7-8H2,2-5H3. The third-order valence-electron chi connectivity index (χ3n) is 1.93. The quantitative estimate of drug-likeness (QED) is 0.602. The zero-order chi connectivity index (χ0) is 9.56. The highest BCUT2D eigenvalue weighted by Gasteiger charge is 2.14. The van der Waals surface area contributed by atoms with Crippen LogP contribution in [0.25, 0.3) is 0 Å². The van der Waals surface area contributed by atoms with Crippen molar-refractivity contribution in [2.24, 2.45) is 5.92 Å². The van der Waals surface area contributed by atoms with Gasteiger partial charge in [0.05, 0.1) is 6.04 Å². The Hall–Kier alpha value is -0.130. The smallest absolute Gasteiger partial charge is 0.0732 e. The topological polar surface area (TPSA) is 3.24 Å². The van der Waals surface area contributed by atoms with Crippen LogP contribution in [-0.4, -0.2) is 36.5 Å². The molecule has 1 unspecified atom stereocenters. The minimum Gasteiger partial charge on any atom is -0.292 e. The Kier molecular flexibility index (Phi) is 6.32. The second kappa shape index (κ2) is 6.39. The van der Waals surface area contributed by atoms with Crippen LogP contribution in [0.4, 0.5) is 0 Å². The largest absolute Gasteiger partial charge is 0.292 e. The molecule has 2 heteroatoms. The van der Waals surface area contributed by atoms with Gasteiger partial charge >= 0.3 is 0 Å². The first-order valence-electron chi connectivity index (χ1n) is 4.28. The van der Waals surface area contributed by atoms with Crippen LogP contribution in [0.3, 0.4) is 0 Å². The van der Waals surface area contributed by atoms with Crippen molar-refractivity contribution in [1.29, 1.82) is 0 Å². The summed E-state index contributed by atoms with van der Waals surface area (Å²) in [6.45, 7) is 5.41. The lowest BCUT2D eigenvalue weighted by Crippen LogP contribution is -2.36. The van der Waals surface area contributed by atoms with Gasteiger partial charge < -0.3 is 0 Å². The normalized spacial score (nSPS) is 13.4. The van der Waals surface area contributed by atoms with Crippen LogP contribution < -0.4 is 0 Å². The van der Waals surface area contributed by atoms with Crippen LogP contribution in [-0.2, 0) is 0 Å². The average molecular weight is 185 g/mol. The highest BCUT2D eigenvalue weighted by Crippen LogP contribution is 2.08.